The number of Topliss-reactive ketones (excluding diaryl/α,β-unsaturated/α-hetero) is 1. The minimum absolute atomic E-state index is 0.0103. The monoisotopic (exact) mass is 297 g/mol. The van der Waals surface area contributed by atoms with Crippen molar-refractivity contribution in [2.45, 2.75) is 45.6 Å². The highest BCUT2D eigenvalue weighted by Crippen LogP contribution is 2.19. The molecule has 0 aliphatic heterocycles. The number of amides is 1. The van der Waals surface area contributed by atoms with Gasteiger partial charge in [0.15, 0.2) is 5.78 Å². The van der Waals surface area contributed by atoms with Gasteiger partial charge in [-0.15, -0.1) is 11.3 Å². The van der Waals surface area contributed by atoms with Gasteiger partial charge in [-0.3, -0.25) is 9.59 Å². The van der Waals surface area contributed by atoms with Gasteiger partial charge in [0.1, 0.15) is 0 Å². The van der Waals surface area contributed by atoms with Crippen LogP contribution in [0, 0.1) is 5.92 Å². The number of aliphatic hydroxyl groups is 1. The Morgan fingerprint density at radius 2 is 2.15 bits per heavy atom. The molecular formula is C15H23NO3S. The van der Waals surface area contributed by atoms with Crippen molar-refractivity contribution >= 4 is 23.0 Å². The number of nitrogens with one attached hydrogen (secondary N) is 1. The van der Waals surface area contributed by atoms with Crippen molar-refractivity contribution in [1.82, 2.24) is 5.32 Å². The van der Waals surface area contributed by atoms with E-state index < -0.39 is 5.60 Å². The molecule has 2 N–H and O–H groups in total. The van der Waals surface area contributed by atoms with E-state index in [-0.39, 0.29) is 37.0 Å². The lowest BCUT2D eigenvalue weighted by molar-refractivity contribution is -0.122. The van der Waals surface area contributed by atoms with Crippen LogP contribution in [0.1, 0.15) is 49.7 Å². The van der Waals surface area contributed by atoms with Crippen molar-refractivity contribution in [3.05, 3.63) is 22.4 Å². The number of hydrogen-bond acceptors (Lipinski definition) is 4. The molecule has 20 heavy (non-hydrogen) atoms. The number of carbonyl (C=O) groups excluding carboxylic acids is 2. The maximum Gasteiger partial charge on any atom is 0.220 e. The number of thiophene rings is 1. The van der Waals surface area contributed by atoms with Gasteiger partial charge < -0.3 is 10.4 Å². The van der Waals surface area contributed by atoms with Gasteiger partial charge in [-0.1, -0.05) is 26.3 Å². The summed E-state index contributed by atoms with van der Waals surface area (Å²) in [5.74, 6) is -0.0992. The summed E-state index contributed by atoms with van der Waals surface area (Å²) < 4.78 is 0. The van der Waals surface area contributed by atoms with Crippen LogP contribution in [0.5, 0.6) is 0 Å². The van der Waals surface area contributed by atoms with Crippen molar-refractivity contribution in [3.8, 4) is 0 Å². The quantitative estimate of drug-likeness (QED) is 0.725. The lowest BCUT2D eigenvalue weighted by Gasteiger charge is -2.29. The largest absolute Gasteiger partial charge is 0.388 e. The Morgan fingerprint density at radius 3 is 2.70 bits per heavy atom. The summed E-state index contributed by atoms with van der Waals surface area (Å²) in [6, 6.07) is 3.58. The van der Waals surface area contributed by atoms with E-state index in [2.05, 4.69) is 5.32 Å². The van der Waals surface area contributed by atoms with E-state index in [9.17, 15) is 14.7 Å². The Labute approximate surface area is 124 Å². The SMILES string of the molecule is CCC(C)C(C)(O)CNC(=O)CCC(=O)c1cccs1. The van der Waals surface area contributed by atoms with E-state index in [1.54, 1.807) is 13.0 Å². The summed E-state index contributed by atoms with van der Waals surface area (Å²) in [4.78, 5) is 24.1. The van der Waals surface area contributed by atoms with Crippen molar-refractivity contribution in [2.75, 3.05) is 6.54 Å². The predicted molar refractivity (Wildman–Crippen MR) is 81.0 cm³/mol. The number of hydrogen-bond donors (Lipinski definition) is 2. The molecular weight excluding hydrogens is 274 g/mol. The molecule has 112 valence electrons. The smallest absolute Gasteiger partial charge is 0.220 e. The van der Waals surface area contributed by atoms with E-state index in [1.807, 2.05) is 25.3 Å². The van der Waals surface area contributed by atoms with Gasteiger partial charge in [-0.05, 0) is 24.3 Å². The van der Waals surface area contributed by atoms with Gasteiger partial charge in [-0.2, -0.15) is 0 Å². The first kappa shape index (κ1) is 16.9. The molecule has 2 atom stereocenters. The van der Waals surface area contributed by atoms with Crippen LogP contribution in [0.3, 0.4) is 0 Å². The highest BCUT2D eigenvalue weighted by atomic mass is 32.1. The fourth-order valence-corrected chi connectivity index (χ4v) is 2.46. The molecule has 4 nitrogen and oxygen atoms in total. The van der Waals surface area contributed by atoms with E-state index in [0.717, 1.165) is 6.42 Å². The van der Waals surface area contributed by atoms with E-state index >= 15 is 0 Å². The predicted octanol–water partition coefficient (Wildman–Crippen LogP) is 2.62. The van der Waals surface area contributed by atoms with Crippen LogP contribution in [0.25, 0.3) is 0 Å². The van der Waals surface area contributed by atoms with E-state index in [4.69, 9.17) is 0 Å². The van der Waals surface area contributed by atoms with Crippen LogP contribution in [-0.2, 0) is 4.79 Å². The number of ketones is 1. The summed E-state index contributed by atoms with van der Waals surface area (Å²) in [6.45, 7) is 5.89. The second-order valence-corrected chi connectivity index (χ2v) is 6.29. The molecule has 0 saturated heterocycles. The third-order valence-corrected chi connectivity index (χ3v) is 4.60. The lowest BCUT2D eigenvalue weighted by Crippen LogP contribution is -2.45. The first-order chi connectivity index (χ1) is 9.36. The molecule has 0 aliphatic carbocycles. The standard InChI is InChI=1S/C15H23NO3S/c1-4-11(2)15(3,19)10-16-14(18)8-7-12(17)13-6-5-9-20-13/h5-6,9,11,19H,4,7-8,10H2,1-3H3,(H,16,18). The Kier molecular flexibility index (Phi) is 6.36. The Morgan fingerprint density at radius 1 is 1.45 bits per heavy atom. The first-order valence-corrected chi connectivity index (χ1v) is 7.80. The second-order valence-electron chi connectivity index (χ2n) is 5.34. The van der Waals surface area contributed by atoms with Gasteiger partial charge in [0, 0.05) is 19.4 Å². The molecule has 0 spiro atoms. The normalized spacial score (nSPS) is 15.4. The van der Waals surface area contributed by atoms with Crippen LogP contribution in [-0.4, -0.2) is 28.9 Å². The molecule has 1 aromatic heterocycles. The molecule has 1 rings (SSSR count). The van der Waals surface area contributed by atoms with Crippen molar-refractivity contribution in [1.29, 1.82) is 0 Å². The third-order valence-electron chi connectivity index (χ3n) is 3.69. The second kappa shape index (κ2) is 7.55. The zero-order chi connectivity index (χ0) is 15.2. The van der Waals surface area contributed by atoms with Crippen LogP contribution in [0.2, 0.25) is 0 Å². The van der Waals surface area contributed by atoms with Crippen LogP contribution >= 0.6 is 11.3 Å². The van der Waals surface area contributed by atoms with Crippen LogP contribution < -0.4 is 5.32 Å². The Bertz CT molecular complexity index is 440. The average Bonchev–Trinajstić information content (AvgIpc) is 2.95. The van der Waals surface area contributed by atoms with Gasteiger partial charge in [0.2, 0.25) is 5.91 Å². The lowest BCUT2D eigenvalue weighted by atomic mass is 9.88. The van der Waals surface area contributed by atoms with E-state index in [0.29, 0.717) is 4.88 Å². The highest BCUT2D eigenvalue weighted by Gasteiger charge is 2.27. The maximum absolute atomic E-state index is 11.7. The van der Waals surface area contributed by atoms with Gasteiger partial charge >= 0.3 is 0 Å². The summed E-state index contributed by atoms with van der Waals surface area (Å²) in [5, 5.41) is 14.7. The molecule has 1 heterocycles. The summed E-state index contributed by atoms with van der Waals surface area (Å²) in [6.07, 6.45) is 1.21. The maximum atomic E-state index is 11.7. The molecule has 0 aliphatic rings. The molecule has 0 saturated carbocycles. The fourth-order valence-electron chi connectivity index (χ4n) is 1.77. The van der Waals surface area contributed by atoms with Gasteiger partial charge in [-0.25, -0.2) is 0 Å². The molecule has 1 aromatic rings. The molecule has 1 amide bonds. The average molecular weight is 297 g/mol. The van der Waals surface area contributed by atoms with Gasteiger partial charge in [0.05, 0.1) is 10.5 Å². The first-order valence-electron chi connectivity index (χ1n) is 6.92. The number of carbonyl (C=O) groups is 2. The van der Waals surface area contributed by atoms with Crippen LogP contribution in [0.4, 0.5) is 0 Å². The number of rotatable bonds is 8. The molecule has 0 aromatic carbocycles. The topological polar surface area (TPSA) is 66.4 Å². The highest BCUT2D eigenvalue weighted by molar-refractivity contribution is 7.12. The molecule has 0 bridgehead atoms. The van der Waals surface area contributed by atoms with E-state index in [1.165, 1.54) is 11.3 Å². The van der Waals surface area contributed by atoms with Gasteiger partial charge in [0.25, 0.3) is 0 Å². The summed E-state index contributed by atoms with van der Waals surface area (Å²) >= 11 is 1.39. The summed E-state index contributed by atoms with van der Waals surface area (Å²) in [7, 11) is 0. The minimum atomic E-state index is -0.915. The fraction of sp³-hybridized carbons (Fsp3) is 0.600. The van der Waals surface area contributed by atoms with Crippen LogP contribution in [0.15, 0.2) is 17.5 Å². The molecule has 5 heteroatoms. The molecule has 2 unspecified atom stereocenters. The third kappa shape index (κ3) is 5.06. The van der Waals surface area contributed by atoms with Crippen molar-refractivity contribution in [3.63, 3.8) is 0 Å². The zero-order valence-electron chi connectivity index (χ0n) is 12.3. The van der Waals surface area contributed by atoms with Crippen molar-refractivity contribution < 1.29 is 14.7 Å². The Hall–Kier alpha value is -1.20. The van der Waals surface area contributed by atoms with Crippen molar-refractivity contribution in [2.24, 2.45) is 5.92 Å². The Balaban J connectivity index is 2.32. The molecule has 0 radical (unpaired) electrons. The zero-order valence-corrected chi connectivity index (χ0v) is 13.1. The minimum Gasteiger partial charge on any atom is -0.388 e. The molecule has 0 fully saturated rings. The summed E-state index contributed by atoms with van der Waals surface area (Å²) in [5.41, 5.74) is -0.915.